The van der Waals surface area contributed by atoms with E-state index in [1.165, 1.54) is 6.07 Å². The van der Waals surface area contributed by atoms with Gasteiger partial charge in [0.25, 0.3) is 0 Å². The van der Waals surface area contributed by atoms with Crippen LogP contribution in [0, 0.1) is 10.1 Å². The number of halogens is 1. The van der Waals surface area contributed by atoms with Crippen LogP contribution in [0.4, 0.5) is 5.69 Å². The minimum Gasteiger partial charge on any atom is -0.501 e. The number of carboxylic acids is 1. The third-order valence-corrected chi connectivity index (χ3v) is 2.15. The molecule has 1 aromatic carbocycles. The SMILES string of the molecule is O=C(O)c1ccc(Br)c(O)c1[N+](=O)[O-]. The van der Waals surface area contributed by atoms with Gasteiger partial charge < -0.3 is 10.2 Å². The first kappa shape index (κ1) is 10.5. The summed E-state index contributed by atoms with van der Waals surface area (Å²) >= 11 is 2.85. The van der Waals surface area contributed by atoms with Crippen molar-refractivity contribution in [2.75, 3.05) is 0 Å². The predicted molar refractivity (Wildman–Crippen MR) is 49.4 cm³/mol. The van der Waals surface area contributed by atoms with Crippen molar-refractivity contribution in [2.45, 2.75) is 0 Å². The molecule has 0 aliphatic carbocycles. The van der Waals surface area contributed by atoms with Crippen molar-refractivity contribution in [3.05, 3.63) is 32.3 Å². The van der Waals surface area contributed by atoms with Gasteiger partial charge in [-0.2, -0.15) is 0 Å². The van der Waals surface area contributed by atoms with Gasteiger partial charge in [-0.25, -0.2) is 4.79 Å². The quantitative estimate of drug-likeness (QED) is 0.624. The van der Waals surface area contributed by atoms with Crippen molar-refractivity contribution in [3.63, 3.8) is 0 Å². The Hall–Kier alpha value is -1.63. The van der Waals surface area contributed by atoms with E-state index in [0.717, 1.165) is 6.07 Å². The zero-order valence-corrected chi connectivity index (χ0v) is 8.19. The highest BCUT2D eigenvalue weighted by atomic mass is 79.9. The summed E-state index contributed by atoms with van der Waals surface area (Å²) in [5.74, 6) is -2.14. The van der Waals surface area contributed by atoms with Crippen molar-refractivity contribution in [1.82, 2.24) is 0 Å². The molecule has 0 amide bonds. The van der Waals surface area contributed by atoms with Crippen LogP contribution in [-0.2, 0) is 0 Å². The van der Waals surface area contributed by atoms with Crippen molar-refractivity contribution in [1.29, 1.82) is 0 Å². The lowest BCUT2D eigenvalue weighted by Crippen LogP contribution is -2.02. The Balaban J connectivity index is 3.53. The fourth-order valence-corrected chi connectivity index (χ4v) is 1.23. The molecule has 0 radical (unpaired) electrons. The highest BCUT2D eigenvalue weighted by Crippen LogP contribution is 2.36. The molecule has 14 heavy (non-hydrogen) atoms. The minimum absolute atomic E-state index is 0.0780. The summed E-state index contributed by atoms with van der Waals surface area (Å²) in [6.45, 7) is 0. The number of aromatic carboxylic acids is 1. The average Bonchev–Trinajstić information content (AvgIpc) is 2.08. The molecule has 0 spiro atoms. The molecule has 2 N–H and O–H groups in total. The van der Waals surface area contributed by atoms with Crippen LogP contribution in [0.3, 0.4) is 0 Å². The Morgan fingerprint density at radius 3 is 2.50 bits per heavy atom. The van der Waals surface area contributed by atoms with E-state index in [1.807, 2.05) is 0 Å². The molecule has 1 aromatic rings. The molecule has 0 atom stereocenters. The fraction of sp³-hybridized carbons (Fsp3) is 0. The Kier molecular flexibility index (Phi) is 2.70. The molecular weight excluding hydrogens is 258 g/mol. The topological polar surface area (TPSA) is 101 Å². The van der Waals surface area contributed by atoms with Gasteiger partial charge in [0.15, 0.2) is 0 Å². The number of carboxylic acid groups (broad SMARTS) is 1. The van der Waals surface area contributed by atoms with Crippen molar-refractivity contribution < 1.29 is 19.9 Å². The van der Waals surface area contributed by atoms with Crippen LogP contribution in [0.15, 0.2) is 16.6 Å². The van der Waals surface area contributed by atoms with E-state index in [-0.39, 0.29) is 4.47 Å². The molecule has 0 aromatic heterocycles. The summed E-state index contributed by atoms with van der Waals surface area (Å²) in [5, 5.41) is 28.3. The van der Waals surface area contributed by atoms with E-state index >= 15 is 0 Å². The van der Waals surface area contributed by atoms with Gasteiger partial charge in [-0.1, -0.05) is 0 Å². The van der Waals surface area contributed by atoms with Crippen LogP contribution in [0.1, 0.15) is 10.4 Å². The van der Waals surface area contributed by atoms with Crippen molar-refractivity contribution in [2.24, 2.45) is 0 Å². The molecule has 0 bridgehead atoms. The van der Waals surface area contributed by atoms with Gasteiger partial charge >= 0.3 is 11.7 Å². The molecule has 0 aliphatic heterocycles. The first-order valence-electron chi connectivity index (χ1n) is 3.34. The normalized spacial score (nSPS) is 9.79. The molecule has 0 unspecified atom stereocenters. The lowest BCUT2D eigenvalue weighted by Gasteiger charge is -2.01. The van der Waals surface area contributed by atoms with Crippen LogP contribution >= 0.6 is 15.9 Å². The number of phenols is 1. The largest absolute Gasteiger partial charge is 0.501 e. The van der Waals surface area contributed by atoms with E-state index < -0.39 is 27.9 Å². The van der Waals surface area contributed by atoms with Gasteiger partial charge in [0.2, 0.25) is 5.75 Å². The van der Waals surface area contributed by atoms with Crippen LogP contribution in [0.25, 0.3) is 0 Å². The highest BCUT2D eigenvalue weighted by molar-refractivity contribution is 9.10. The van der Waals surface area contributed by atoms with Crippen molar-refractivity contribution in [3.8, 4) is 5.75 Å². The Labute approximate surface area is 86.1 Å². The van der Waals surface area contributed by atoms with Crippen molar-refractivity contribution >= 4 is 27.6 Å². The summed E-state index contributed by atoms with van der Waals surface area (Å²) in [6, 6.07) is 2.27. The fourth-order valence-electron chi connectivity index (χ4n) is 0.912. The summed E-state index contributed by atoms with van der Waals surface area (Å²) in [5.41, 5.74) is -1.36. The van der Waals surface area contributed by atoms with Gasteiger partial charge in [-0.3, -0.25) is 10.1 Å². The number of hydrogen-bond acceptors (Lipinski definition) is 4. The molecule has 0 heterocycles. The molecule has 6 nitrogen and oxygen atoms in total. The summed E-state index contributed by atoms with van der Waals surface area (Å²) < 4.78 is 0.0780. The number of hydrogen-bond donors (Lipinski definition) is 2. The second-order valence-electron chi connectivity index (χ2n) is 2.35. The number of nitrogens with zero attached hydrogens (tertiary/aromatic N) is 1. The number of nitro benzene ring substituents is 1. The second-order valence-corrected chi connectivity index (χ2v) is 3.21. The molecule has 0 aliphatic rings. The number of rotatable bonds is 2. The average molecular weight is 262 g/mol. The lowest BCUT2D eigenvalue weighted by molar-refractivity contribution is -0.386. The van der Waals surface area contributed by atoms with E-state index in [4.69, 9.17) is 5.11 Å². The van der Waals surface area contributed by atoms with E-state index in [2.05, 4.69) is 15.9 Å². The molecular formula is C7H4BrNO5. The third-order valence-electron chi connectivity index (χ3n) is 1.51. The minimum atomic E-state index is -1.46. The van der Waals surface area contributed by atoms with Crippen LogP contribution in [0.5, 0.6) is 5.75 Å². The first-order chi connectivity index (χ1) is 6.45. The monoisotopic (exact) mass is 261 g/mol. The number of phenolic OH excluding ortho intramolecular Hbond substituents is 1. The van der Waals surface area contributed by atoms with Gasteiger partial charge in [0.05, 0.1) is 9.40 Å². The van der Waals surface area contributed by atoms with E-state index in [0.29, 0.717) is 0 Å². The second kappa shape index (κ2) is 3.62. The molecule has 74 valence electrons. The zero-order valence-electron chi connectivity index (χ0n) is 6.60. The zero-order chi connectivity index (χ0) is 10.9. The predicted octanol–water partition coefficient (Wildman–Crippen LogP) is 1.76. The summed E-state index contributed by atoms with van der Waals surface area (Å²) in [4.78, 5) is 20.1. The maximum absolute atomic E-state index is 10.6. The Morgan fingerprint density at radius 1 is 1.50 bits per heavy atom. The molecule has 0 saturated heterocycles. The number of nitro groups is 1. The van der Waals surface area contributed by atoms with Crippen LogP contribution < -0.4 is 0 Å². The molecule has 0 saturated carbocycles. The van der Waals surface area contributed by atoms with Gasteiger partial charge in [0, 0.05) is 0 Å². The Bertz CT molecular complexity index is 417. The van der Waals surface area contributed by atoms with Crippen LogP contribution in [0.2, 0.25) is 0 Å². The number of benzene rings is 1. The van der Waals surface area contributed by atoms with E-state index in [1.54, 1.807) is 0 Å². The summed E-state index contributed by atoms with van der Waals surface area (Å²) in [7, 11) is 0. The summed E-state index contributed by atoms with van der Waals surface area (Å²) in [6.07, 6.45) is 0. The molecule has 7 heteroatoms. The Morgan fingerprint density at radius 2 is 2.07 bits per heavy atom. The van der Waals surface area contributed by atoms with E-state index in [9.17, 15) is 20.0 Å². The smallest absolute Gasteiger partial charge is 0.342 e. The molecule has 0 fully saturated rings. The third kappa shape index (κ3) is 1.67. The van der Waals surface area contributed by atoms with Crippen LogP contribution in [-0.4, -0.2) is 21.1 Å². The number of carbonyl (C=O) groups is 1. The standard InChI is InChI=1S/C7H4BrNO5/c8-4-2-1-3(7(11)12)5(6(4)10)9(13)14/h1-2,10H,(H,11,12). The lowest BCUT2D eigenvalue weighted by atomic mass is 10.1. The van der Waals surface area contributed by atoms with Gasteiger partial charge in [-0.15, -0.1) is 0 Å². The van der Waals surface area contributed by atoms with Gasteiger partial charge in [-0.05, 0) is 28.1 Å². The maximum Gasteiger partial charge on any atom is 0.342 e. The highest BCUT2D eigenvalue weighted by Gasteiger charge is 2.26. The van der Waals surface area contributed by atoms with Gasteiger partial charge in [0.1, 0.15) is 5.56 Å². The first-order valence-corrected chi connectivity index (χ1v) is 4.13. The molecule has 1 rings (SSSR count). The maximum atomic E-state index is 10.6. The number of aromatic hydroxyl groups is 1.